The molecule has 10 heteroatoms. The van der Waals surface area contributed by atoms with Crippen molar-refractivity contribution in [1.82, 2.24) is 19.7 Å². The SMILES string of the molecule is Cc1ccc(-n2cc(NC(=O)c3coc(-c4ccnc(N)c4)n3)c(C(N)=O)n2)cc1. The molecule has 2 amide bonds. The minimum atomic E-state index is -0.774. The predicted octanol–water partition coefficient (Wildman–Crippen LogP) is 2.16. The van der Waals surface area contributed by atoms with Gasteiger partial charge >= 0.3 is 0 Å². The van der Waals surface area contributed by atoms with Crippen LogP contribution in [0.4, 0.5) is 11.5 Å². The van der Waals surface area contributed by atoms with E-state index in [0.29, 0.717) is 17.1 Å². The van der Waals surface area contributed by atoms with Crippen molar-refractivity contribution in [2.75, 3.05) is 11.1 Å². The maximum absolute atomic E-state index is 12.6. The number of oxazole rings is 1. The third-order valence-electron chi connectivity index (χ3n) is 4.26. The van der Waals surface area contributed by atoms with E-state index in [1.165, 1.54) is 23.3 Å². The molecule has 0 radical (unpaired) electrons. The van der Waals surface area contributed by atoms with E-state index in [2.05, 4.69) is 20.4 Å². The van der Waals surface area contributed by atoms with E-state index < -0.39 is 11.8 Å². The van der Waals surface area contributed by atoms with Crippen LogP contribution in [-0.4, -0.2) is 31.6 Å². The van der Waals surface area contributed by atoms with Crippen LogP contribution >= 0.6 is 0 Å². The number of pyridine rings is 1. The Morgan fingerprint density at radius 3 is 2.63 bits per heavy atom. The zero-order valence-electron chi connectivity index (χ0n) is 15.9. The molecule has 30 heavy (non-hydrogen) atoms. The van der Waals surface area contributed by atoms with Crippen LogP contribution in [0.15, 0.2) is 59.5 Å². The van der Waals surface area contributed by atoms with E-state index >= 15 is 0 Å². The van der Waals surface area contributed by atoms with Gasteiger partial charge in [-0.2, -0.15) is 5.10 Å². The number of hydrogen-bond acceptors (Lipinski definition) is 7. The number of anilines is 2. The number of amides is 2. The van der Waals surface area contributed by atoms with Gasteiger partial charge in [0.1, 0.15) is 12.1 Å². The maximum atomic E-state index is 12.6. The minimum absolute atomic E-state index is 0.0129. The fourth-order valence-corrected chi connectivity index (χ4v) is 2.76. The number of carbonyl (C=O) groups excluding carboxylic acids is 2. The molecular formula is C20H17N7O3. The van der Waals surface area contributed by atoms with Gasteiger partial charge in [-0.1, -0.05) is 17.7 Å². The van der Waals surface area contributed by atoms with Gasteiger partial charge in [-0.25, -0.2) is 14.6 Å². The van der Waals surface area contributed by atoms with Gasteiger partial charge in [0.2, 0.25) is 5.89 Å². The van der Waals surface area contributed by atoms with Gasteiger partial charge in [-0.05, 0) is 31.2 Å². The summed E-state index contributed by atoms with van der Waals surface area (Å²) in [5.41, 5.74) is 13.5. The van der Waals surface area contributed by atoms with E-state index in [-0.39, 0.29) is 23.0 Å². The Hall–Kier alpha value is -4.47. The summed E-state index contributed by atoms with van der Waals surface area (Å²) >= 11 is 0. The third kappa shape index (κ3) is 3.74. The molecule has 0 spiro atoms. The maximum Gasteiger partial charge on any atom is 0.277 e. The lowest BCUT2D eigenvalue weighted by molar-refractivity contribution is 0.0996. The first-order valence-electron chi connectivity index (χ1n) is 8.86. The summed E-state index contributed by atoms with van der Waals surface area (Å²) in [5, 5.41) is 6.78. The topological polar surface area (TPSA) is 155 Å². The van der Waals surface area contributed by atoms with Crippen LogP contribution in [0.3, 0.4) is 0 Å². The van der Waals surface area contributed by atoms with E-state index in [4.69, 9.17) is 15.9 Å². The van der Waals surface area contributed by atoms with Crippen molar-refractivity contribution in [3.63, 3.8) is 0 Å². The lowest BCUT2D eigenvalue weighted by Crippen LogP contribution is -2.18. The van der Waals surface area contributed by atoms with Gasteiger partial charge in [0, 0.05) is 11.8 Å². The predicted molar refractivity (Wildman–Crippen MR) is 109 cm³/mol. The third-order valence-corrected chi connectivity index (χ3v) is 4.26. The monoisotopic (exact) mass is 403 g/mol. The number of primary amides is 1. The number of nitrogens with one attached hydrogen (secondary N) is 1. The summed E-state index contributed by atoms with van der Waals surface area (Å²) in [6.07, 6.45) is 4.22. The standard InChI is InChI=1S/C20H17N7O3/c1-11-2-4-13(5-3-11)27-9-14(17(26-27)18(22)28)24-19(29)15-10-30-20(25-15)12-6-7-23-16(21)8-12/h2-10H,1H3,(H2,21,23)(H2,22,28)(H,24,29). The highest BCUT2D eigenvalue weighted by atomic mass is 16.3. The van der Waals surface area contributed by atoms with Crippen LogP contribution in [0.1, 0.15) is 26.5 Å². The number of benzene rings is 1. The summed E-state index contributed by atoms with van der Waals surface area (Å²) < 4.78 is 6.82. The molecule has 0 aliphatic heterocycles. The number of nitrogens with two attached hydrogens (primary N) is 2. The van der Waals surface area contributed by atoms with Crippen molar-refractivity contribution in [3.8, 4) is 17.1 Å². The molecular weight excluding hydrogens is 386 g/mol. The molecule has 1 aromatic carbocycles. The van der Waals surface area contributed by atoms with Crippen molar-refractivity contribution in [2.45, 2.75) is 6.92 Å². The Labute approximate surface area is 170 Å². The van der Waals surface area contributed by atoms with Gasteiger partial charge in [0.15, 0.2) is 11.4 Å². The zero-order chi connectivity index (χ0) is 21.3. The van der Waals surface area contributed by atoms with Crippen LogP contribution in [0.5, 0.6) is 0 Å². The van der Waals surface area contributed by atoms with Crippen molar-refractivity contribution in [2.24, 2.45) is 5.73 Å². The Bertz CT molecular complexity index is 1240. The summed E-state index contributed by atoms with van der Waals surface area (Å²) in [7, 11) is 0. The molecule has 10 nitrogen and oxygen atoms in total. The lowest BCUT2D eigenvalue weighted by Gasteiger charge is -2.01. The van der Waals surface area contributed by atoms with Crippen LogP contribution in [0.2, 0.25) is 0 Å². The largest absolute Gasteiger partial charge is 0.444 e. The Kier molecular flexibility index (Phi) is 4.72. The van der Waals surface area contributed by atoms with Crippen molar-refractivity contribution >= 4 is 23.3 Å². The first kappa shape index (κ1) is 18.9. The Morgan fingerprint density at radius 2 is 1.93 bits per heavy atom. The van der Waals surface area contributed by atoms with E-state index in [9.17, 15) is 9.59 Å². The van der Waals surface area contributed by atoms with Crippen LogP contribution in [0.25, 0.3) is 17.1 Å². The van der Waals surface area contributed by atoms with E-state index in [1.807, 2.05) is 31.2 Å². The number of rotatable bonds is 5. The van der Waals surface area contributed by atoms with Gasteiger partial charge in [-0.3, -0.25) is 9.59 Å². The van der Waals surface area contributed by atoms with Crippen molar-refractivity contribution < 1.29 is 14.0 Å². The Balaban J connectivity index is 1.60. The normalized spacial score (nSPS) is 10.7. The van der Waals surface area contributed by atoms with Gasteiger partial charge < -0.3 is 21.2 Å². The number of aryl methyl sites for hydroxylation is 1. The molecule has 5 N–H and O–H groups in total. The molecule has 0 aliphatic rings. The number of carbonyl (C=O) groups is 2. The first-order chi connectivity index (χ1) is 14.4. The summed E-state index contributed by atoms with van der Waals surface area (Å²) in [5.74, 6) is -0.853. The zero-order valence-corrected chi connectivity index (χ0v) is 15.9. The fourth-order valence-electron chi connectivity index (χ4n) is 2.76. The molecule has 150 valence electrons. The summed E-state index contributed by atoms with van der Waals surface area (Å²) in [6, 6.07) is 10.7. The smallest absolute Gasteiger partial charge is 0.277 e. The Morgan fingerprint density at radius 1 is 1.17 bits per heavy atom. The number of aromatic nitrogens is 4. The van der Waals surface area contributed by atoms with Gasteiger partial charge in [-0.15, -0.1) is 0 Å². The molecule has 0 bridgehead atoms. The second kappa shape index (κ2) is 7.51. The molecule has 0 saturated carbocycles. The van der Waals surface area contributed by atoms with Crippen molar-refractivity contribution in [1.29, 1.82) is 0 Å². The molecule has 4 rings (SSSR count). The molecule has 4 aromatic rings. The quantitative estimate of drug-likeness (QED) is 0.461. The summed E-state index contributed by atoms with van der Waals surface area (Å²) in [4.78, 5) is 32.5. The van der Waals surface area contributed by atoms with Crippen LogP contribution in [-0.2, 0) is 0 Å². The molecule has 0 atom stereocenters. The van der Waals surface area contributed by atoms with Gasteiger partial charge in [0.25, 0.3) is 11.8 Å². The second-order valence-corrected chi connectivity index (χ2v) is 6.50. The highest BCUT2D eigenvalue weighted by Gasteiger charge is 2.20. The first-order valence-corrected chi connectivity index (χ1v) is 8.86. The van der Waals surface area contributed by atoms with E-state index in [1.54, 1.807) is 12.1 Å². The second-order valence-electron chi connectivity index (χ2n) is 6.50. The summed E-state index contributed by atoms with van der Waals surface area (Å²) in [6.45, 7) is 1.96. The van der Waals surface area contributed by atoms with Crippen LogP contribution < -0.4 is 16.8 Å². The molecule has 0 aliphatic carbocycles. The highest BCUT2D eigenvalue weighted by molar-refractivity contribution is 6.07. The van der Waals surface area contributed by atoms with Crippen LogP contribution in [0, 0.1) is 6.92 Å². The molecule has 0 saturated heterocycles. The highest BCUT2D eigenvalue weighted by Crippen LogP contribution is 2.22. The van der Waals surface area contributed by atoms with Gasteiger partial charge in [0.05, 0.1) is 17.6 Å². The number of hydrogen-bond donors (Lipinski definition) is 3. The molecule has 3 aromatic heterocycles. The molecule has 0 fully saturated rings. The van der Waals surface area contributed by atoms with Crippen molar-refractivity contribution in [3.05, 3.63) is 72.0 Å². The molecule has 3 heterocycles. The average molecular weight is 403 g/mol. The molecule has 0 unspecified atom stereocenters. The average Bonchev–Trinajstić information content (AvgIpc) is 3.36. The number of nitrogen functional groups attached to an aromatic ring is 1. The number of nitrogens with zero attached hydrogens (tertiary/aromatic N) is 4. The fraction of sp³-hybridized carbons (Fsp3) is 0.0500. The van der Waals surface area contributed by atoms with E-state index in [0.717, 1.165) is 5.56 Å². The minimum Gasteiger partial charge on any atom is -0.444 e. The lowest BCUT2D eigenvalue weighted by atomic mass is 10.2.